The van der Waals surface area contributed by atoms with Crippen molar-refractivity contribution in [2.75, 3.05) is 0 Å². The standard InChI is InChI=1S/C18H12BO/c1-3-11-14-9-16-13(10-18(14)20-17(11)4-2)12-7-5-6-8-15(12)19-16/h3-10H,1-2H2. The molecule has 0 spiro atoms. The first kappa shape index (κ1) is 11.4. The van der Waals surface area contributed by atoms with Gasteiger partial charge in [0.1, 0.15) is 11.3 Å². The summed E-state index contributed by atoms with van der Waals surface area (Å²) in [6.07, 6.45) is 3.57. The van der Waals surface area contributed by atoms with Gasteiger partial charge in [0.15, 0.2) is 7.28 Å². The van der Waals surface area contributed by atoms with Crippen LogP contribution in [0.2, 0.25) is 0 Å². The smallest absolute Gasteiger partial charge is 0.193 e. The van der Waals surface area contributed by atoms with Gasteiger partial charge in [-0.2, -0.15) is 0 Å². The van der Waals surface area contributed by atoms with Crippen molar-refractivity contribution < 1.29 is 4.42 Å². The van der Waals surface area contributed by atoms with Gasteiger partial charge in [0, 0.05) is 10.9 Å². The Morgan fingerprint density at radius 2 is 1.80 bits per heavy atom. The van der Waals surface area contributed by atoms with E-state index in [1.54, 1.807) is 6.08 Å². The van der Waals surface area contributed by atoms with Crippen LogP contribution in [0.4, 0.5) is 0 Å². The molecule has 0 saturated heterocycles. The third kappa shape index (κ3) is 1.39. The van der Waals surface area contributed by atoms with Crippen molar-refractivity contribution in [1.82, 2.24) is 0 Å². The van der Waals surface area contributed by atoms with Gasteiger partial charge in [-0.1, -0.05) is 60.5 Å². The van der Waals surface area contributed by atoms with Crippen LogP contribution in [-0.2, 0) is 0 Å². The summed E-state index contributed by atoms with van der Waals surface area (Å²) >= 11 is 0. The molecule has 2 heteroatoms. The molecular formula is C18H12BO. The second kappa shape index (κ2) is 4.01. The van der Waals surface area contributed by atoms with E-state index in [4.69, 9.17) is 4.42 Å². The molecule has 0 atom stereocenters. The largest absolute Gasteiger partial charge is 0.456 e. The SMILES string of the molecule is C=Cc1oc2cc3c(cc2c1C=C)[B]c1ccccc1-3. The van der Waals surface area contributed by atoms with E-state index in [-0.39, 0.29) is 0 Å². The number of hydrogen-bond donors (Lipinski definition) is 0. The van der Waals surface area contributed by atoms with Gasteiger partial charge in [-0.3, -0.25) is 0 Å². The maximum Gasteiger partial charge on any atom is 0.193 e. The monoisotopic (exact) mass is 255 g/mol. The van der Waals surface area contributed by atoms with Gasteiger partial charge in [0.05, 0.1) is 0 Å². The maximum atomic E-state index is 5.88. The first-order valence-corrected chi connectivity index (χ1v) is 6.61. The molecule has 93 valence electrons. The van der Waals surface area contributed by atoms with Gasteiger partial charge in [0.25, 0.3) is 0 Å². The quantitative estimate of drug-likeness (QED) is 0.500. The minimum Gasteiger partial charge on any atom is -0.456 e. The second-order valence-electron chi connectivity index (χ2n) is 4.96. The Morgan fingerprint density at radius 1 is 0.950 bits per heavy atom. The molecule has 1 nitrogen and oxygen atoms in total. The molecule has 0 N–H and O–H groups in total. The second-order valence-corrected chi connectivity index (χ2v) is 4.96. The third-order valence-corrected chi connectivity index (χ3v) is 3.88. The molecule has 1 radical (unpaired) electrons. The van der Waals surface area contributed by atoms with Crippen molar-refractivity contribution in [1.29, 1.82) is 0 Å². The van der Waals surface area contributed by atoms with Crippen molar-refractivity contribution in [3.8, 4) is 11.1 Å². The normalized spacial score (nSPS) is 11.8. The van der Waals surface area contributed by atoms with Crippen LogP contribution < -0.4 is 10.9 Å². The minimum absolute atomic E-state index is 0.784. The fourth-order valence-corrected chi connectivity index (χ4v) is 2.95. The fraction of sp³-hybridized carbons (Fsp3) is 0. The molecule has 1 aliphatic heterocycles. The molecular weight excluding hydrogens is 243 g/mol. The van der Waals surface area contributed by atoms with Gasteiger partial charge in [-0.05, 0) is 23.3 Å². The van der Waals surface area contributed by atoms with Crippen LogP contribution in [0.25, 0.3) is 34.2 Å². The van der Waals surface area contributed by atoms with Crippen molar-refractivity contribution in [2.45, 2.75) is 0 Å². The number of furan rings is 1. The molecule has 1 aromatic heterocycles. The minimum atomic E-state index is 0.784. The Bertz CT molecular complexity index is 871. The summed E-state index contributed by atoms with van der Waals surface area (Å²) < 4.78 is 5.88. The van der Waals surface area contributed by atoms with E-state index in [0.717, 1.165) is 22.3 Å². The molecule has 0 amide bonds. The summed E-state index contributed by atoms with van der Waals surface area (Å²) in [5.74, 6) is 0.784. The zero-order valence-electron chi connectivity index (χ0n) is 11.0. The molecule has 2 heterocycles. The van der Waals surface area contributed by atoms with Crippen LogP contribution >= 0.6 is 0 Å². The number of rotatable bonds is 2. The summed E-state index contributed by atoms with van der Waals surface area (Å²) in [5, 5.41) is 1.10. The average molecular weight is 255 g/mol. The number of benzene rings is 2. The van der Waals surface area contributed by atoms with Gasteiger partial charge < -0.3 is 4.42 Å². The molecule has 0 unspecified atom stereocenters. The highest BCUT2D eigenvalue weighted by molar-refractivity contribution is 6.73. The van der Waals surface area contributed by atoms with Crippen LogP contribution in [0.15, 0.2) is 54.0 Å². The summed E-state index contributed by atoms with van der Waals surface area (Å²) in [6, 6.07) is 12.7. The van der Waals surface area contributed by atoms with Crippen molar-refractivity contribution >= 4 is 41.3 Å². The van der Waals surface area contributed by atoms with E-state index in [1.807, 2.05) is 6.08 Å². The summed E-state index contributed by atoms with van der Waals surface area (Å²) in [5.41, 5.74) is 6.90. The summed E-state index contributed by atoms with van der Waals surface area (Å²) in [4.78, 5) is 0. The van der Waals surface area contributed by atoms with Crippen LogP contribution in [-0.4, -0.2) is 7.28 Å². The molecule has 3 aromatic rings. The van der Waals surface area contributed by atoms with E-state index >= 15 is 0 Å². The zero-order chi connectivity index (χ0) is 13.7. The first-order chi connectivity index (χ1) is 9.81. The van der Waals surface area contributed by atoms with Crippen LogP contribution in [0.1, 0.15) is 11.3 Å². The van der Waals surface area contributed by atoms with Crippen molar-refractivity contribution in [2.24, 2.45) is 0 Å². The molecule has 4 rings (SSSR count). The maximum absolute atomic E-state index is 5.88. The van der Waals surface area contributed by atoms with Crippen molar-refractivity contribution in [3.63, 3.8) is 0 Å². The van der Waals surface area contributed by atoms with Gasteiger partial charge >= 0.3 is 0 Å². The topological polar surface area (TPSA) is 13.1 Å². The highest BCUT2D eigenvalue weighted by Gasteiger charge is 2.21. The Kier molecular flexibility index (Phi) is 2.28. The molecule has 20 heavy (non-hydrogen) atoms. The lowest BCUT2D eigenvalue weighted by atomic mass is 9.68. The summed E-state index contributed by atoms with van der Waals surface area (Å²) in [6.45, 7) is 7.68. The Balaban J connectivity index is 2.05. The Labute approximate surface area is 118 Å². The molecule has 0 bridgehead atoms. The lowest BCUT2D eigenvalue weighted by molar-refractivity contribution is 0.604. The average Bonchev–Trinajstić information content (AvgIpc) is 3.01. The first-order valence-electron chi connectivity index (χ1n) is 6.61. The van der Waals surface area contributed by atoms with E-state index in [0.29, 0.717) is 0 Å². The van der Waals surface area contributed by atoms with Gasteiger partial charge in [0.2, 0.25) is 0 Å². The van der Waals surface area contributed by atoms with Gasteiger partial charge in [-0.25, -0.2) is 0 Å². The van der Waals surface area contributed by atoms with Crippen LogP contribution in [0, 0.1) is 0 Å². The fourth-order valence-electron chi connectivity index (χ4n) is 2.95. The predicted octanol–water partition coefficient (Wildman–Crippen LogP) is 3.35. The highest BCUT2D eigenvalue weighted by atomic mass is 16.3. The van der Waals surface area contributed by atoms with Gasteiger partial charge in [-0.15, -0.1) is 0 Å². The molecule has 1 aliphatic rings. The molecule has 0 saturated carbocycles. The lowest BCUT2D eigenvalue weighted by Gasteiger charge is -2.01. The van der Waals surface area contributed by atoms with Crippen LogP contribution in [0.5, 0.6) is 0 Å². The van der Waals surface area contributed by atoms with Crippen molar-refractivity contribution in [3.05, 3.63) is 60.9 Å². The molecule has 0 fully saturated rings. The van der Waals surface area contributed by atoms with E-state index in [9.17, 15) is 0 Å². The predicted molar refractivity (Wildman–Crippen MR) is 86.9 cm³/mol. The molecule has 2 aromatic carbocycles. The lowest BCUT2D eigenvalue weighted by Crippen LogP contribution is -2.20. The van der Waals surface area contributed by atoms with E-state index < -0.39 is 0 Å². The summed E-state index contributed by atoms with van der Waals surface area (Å²) in [7, 11) is 2.22. The van der Waals surface area contributed by atoms with E-state index in [2.05, 4.69) is 56.8 Å². The third-order valence-electron chi connectivity index (χ3n) is 3.88. The Morgan fingerprint density at radius 3 is 2.60 bits per heavy atom. The Hall–Kier alpha value is -2.48. The molecule has 0 aliphatic carbocycles. The van der Waals surface area contributed by atoms with E-state index in [1.165, 1.54) is 22.1 Å². The highest BCUT2D eigenvalue weighted by Crippen LogP contribution is 2.31. The number of hydrogen-bond acceptors (Lipinski definition) is 1. The van der Waals surface area contributed by atoms with Crippen LogP contribution in [0.3, 0.4) is 0 Å². The number of fused-ring (bicyclic) bond motifs is 4. The zero-order valence-corrected chi connectivity index (χ0v) is 11.0.